The summed E-state index contributed by atoms with van der Waals surface area (Å²) in [5, 5.41) is 0. The maximum Gasteiger partial charge on any atom is 0.339 e. The van der Waals surface area contributed by atoms with Crippen LogP contribution in [0.25, 0.3) is 11.1 Å². The number of ether oxygens (including phenoxy) is 2. The zero-order valence-electron chi connectivity index (χ0n) is 15.5. The van der Waals surface area contributed by atoms with Crippen molar-refractivity contribution in [2.24, 2.45) is 11.5 Å². The van der Waals surface area contributed by atoms with Crippen LogP contribution in [-0.2, 0) is 9.47 Å². The van der Waals surface area contributed by atoms with Crippen molar-refractivity contribution < 1.29 is 28.7 Å². The molecule has 8 nitrogen and oxygen atoms in total. The molecule has 0 radical (unpaired) electrons. The Labute approximate surface area is 161 Å². The summed E-state index contributed by atoms with van der Waals surface area (Å²) in [6, 6.07) is 8.79. The molecule has 0 aliphatic rings. The molecule has 0 unspecified atom stereocenters. The molecule has 0 saturated carbocycles. The van der Waals surface area contributed by atoms with Gasteiger partial charge in [0.2, 0.25) is 11.8 Å². The third-order valence-corrected chi connectivity index (χ3v) is 3.91. The Morgan fingerprint density at radius 3 is 1.36 bits per heavy atom. The normalized spacial score (nSPS) is 10.2. The van der Waals surface area contributed by atoms with Gasteiger partial charge in [-0.05, 0) is 37.1 Å². The van der Waals surface area contributed by atoms with Crippen molar-refractivity contribution in [3.63, 3.8) is 0 Å². The fraction of sp³-hybridized carbons (Fsp3) is 0.200. The molecule has 0 fully saturated rings. The van der Waals surface area contributed by atoms with E-state index < -0.39 is 23.8 Å². The number of hydrogen-bond donors (Lipinski definition) is 2. The van der Waals surface area contributed by atoms with E-state index in [9.17, 15) is 19.2 Å². The van der Waals surface area contributed by atoms with Gasteiger partial charge in [-0.2, -0.15) is 0 Å². The number of carbonyl (C=O) groups excluding carboxylic acids is 4. The first-order valence-electron chi connectivity index (χ1n) is 8.53. The number of hydrogen-bond acceptors (Lipinski definition) is 6. The summed E-state index contributed by atoms with van der Waals surface area (Å²) in [6.07, 6.45) is 0. The average Bonchev–Trinajstić information content (AvgIpc) is 2.66. The van der Waals surface area contributed by atoms with Crippen molar-refractivity contribution >= 4 is 23.8 Å². The van der Waals surface area contributed by atoms with Gasteiger partial charge in [0.15, 0.2) is 0 Å². The van der Waals surface area contributed by atoms with E-state index >= 15 is 0 Å². The predicted octanol–water partition coefficient (Wildman–Crippen LogP) is 1.90. The molecule has 2 amide bonds. The highest BCUT2D eigenvalue weighted by molar-refractivity contribution is 6.13. The van der Waals surface area contributed by atoms with Gasteiger partial charge in [-0.25, -0.2) is 9.59 Å². The lowest BCUT2D eigenvalue weighted by molar-refractivity contribution is 0.0513. The van der Waals surface area contributed by atoms with Crippen molar-refractivity contribution in [1.29, 1.82) is 0 Å². The summed E-state index contributed by atoms with van der Waals surface area (Å²) in [4.78, 5) is 48.8. The summed E-state index contributed by atoms with van der Waals surface area (Å²) < 4.78 is 10.1. The minimum Gasteiger partial charge on any atom is -0.462 e. The van der Waals surface area contributed by atoms with Crippen molar-refractivity contribution in [1.82, 2.24) is 0 Å². The standard InChI is InChI=1S/C20H20N2O6/c1-3-27-19(25)15-11(7-5-9-13(15)17(21)23)12-8-6-10-14(18(22)24)16(12)20(26)28-4-2/h5-10H,3-4H2,1-2H3,(H2,21,23)(H2,22,24). The second-order valence-electron chi connectivity index (χ2n) is 5.63. The fourth-order valence-corrected chi connectivity index (χ4v) is 2.81. The third kappa shape index (κ3) is 4.01. The van der Waals surface area contributed by atoms with Crippen LogP contribution in [0, 0.1) is 0 Å². The molecule has 28 heavy (non-hydrogen) atoms. The molecular formula is C20H20N2O6. The van der Waals surface area contributed by atoms with Gasteiger partial charge < -0.3 is 20.9 Å². The summed E-state index contributed by atoms with van der Waals surface area (Å²) in [5.41, 5.74) is 10.8. The number of carbonyl (C=O) groups is 4. The van der Waals surface area contributed by atoms with Gasteiger partial charge in [-0.1, -0.05) is 24.3 Å². The maximum absolute atomic E-state index is 12.6. The van der Waals surface area contributed by atoms with Gasteiger partial charge in [0, 0.05) is 0 Å². The number of nitrogens with two attached hydrogens (primary N) is 2. The quantitative estimate of drug-likeness (QED) is 0.699. The average molecular weight is 384 g/mol. The van der Waals surface area contributed by atoms with Crippen LogP contribution in [0.3, 0.4) is 0 Å². The SMILES string of the molecule is CCOC(=O)c1c(C(N)=O)cccc1-c1cccc(C(N)=O)c1C(=O)OCC. The lowest BCUT2D eigenvalue weighted by Gasteiger charge is -2.16. The van der Waals surface area contributed by atoms with Gasteiger partial charge in [0.1, 0.15) is 0 Å². The van der Waals surface area contributed by atoms with Gasteiger partial charge in [0.05, 0.1) is 35.5 Å². The lowest BCUT2D eigenvalue weighted by atomic mass is 9.89. The van der Waals surface area contributed by atoms with Gasteiger partial charge in [-0.3, -0.25) is 9.59 Å². The number of rotatable bonds is 7. The monoisotopic (exact) mass is 384 g/mol. The summed E-state index contributed by atoms with van der Waals surface area (Å²) in [7, 11) is 0. The second-order valence-corrected chi connectivity index (χ2v) is 5.63. The molecule has 0 aliphatic heterocycles. The summed E-state index contributed by atoms with van der Waals surface area (Å²) in [5.74, 6) is -3.25. The van der Waals surface area contributed by atoms with Gasteiger partial charge in [-0.15, -0.1) is 0 Å². The summed E-state index contributed by atoms with van der Waals surface area (Å²) in [6.45, 7) is 3.36. The first kappa shape index (κ1) is 20.6. The molecule has 8 heteroatoms. The number of primary amides is 2. The first-order chi connectivity index (χ1) is 13.3. The Kier molecular flexibility index (Phi) is 6.49. The van der Waals surface area contributed by atoms with Crippen LogP contribution in [0.4, 0.5) is 0 Å². The highest BCUT2D eigenvalue weighted by atomic mass is 16.5. The van der Waals surface area contributed by atoms with E-state index in [4.69, 9.17) is 20.9 Å². The van der Waals surface area contributed by atoms with Crippen LogP contribution in [0.1, 0.15) is 55.3 Å². The Bertz CT molecular complexity index is 874. The van der Waals surface area contributed by atoms with Gasteiger partial charge in [0.25, 0.3) is 0 Å². The first-order valence-corrected chi connectivity index (χ1v) is 8.53. The van der Waals surface area contributed by atoms with E-state index in [-0.39, 0.29) is 46.6 Å². The number of amides is 2. The zero-order chi connectivity index (χ0) is 20.8. The minimum atomic E-state index is -0.839. The molecule has 4 N–H and O–H groups in total. The maximum atomic E-state index is 12.6. The third-order valence-electron chi connectivity index (χ3n) is 3.91. The Hall–Kier alpha value is -3.68. The van der Waals surface area contributed by atoms with E-state index in [1.807, 2.05) is 0 Å². The van der Waals surface area contributed by atoms with E-state index in [0.717, 1.165) is 0 Å². The van der Waals surface area contributed by atoms with Gasteiger partial charge >= 0.3 is 11.9 Å². The van der Waals surface area contributed by atoms with E-state index in [1.165, 1.54) is 36.4 Å². The largest absolute Gasteiger partial charge is 0.462 e. The lowest BCUT2D eigenvalue weighted by Crippen LogP contribution is -2.21. The Morgan fingerprint density at radius 2 is 1.07 bits per heavy atom. The number of benzene rings is 2. The van der Waals surface area contributed by atoms with Crippen LogP contribution in [0.15, 0.2) is 36.4 Å². The van der Waals surface area contributed by atoms with Crippen LogP contribution >= 0.6 is 0 Å². The van der Waals surface area contributed by atoms with Crippen molar-refractivity contribution in [2.45, 2.75) is 13.8 Å². The zero-order valence-corrected chi connectivity index (χ0v) is 15.5. The molecule has 2 aromatic rings. The molecule has 2 rings (SSSR count). The molecule has 0 atom stereocenters. The highest BCUT2D eigenvalue weighted by Gasteiger charge is 2.27. The molecule has 0 saturated heterocycles. The molecule has 0 bridgehead atoms. The molecule has 0 heterocycles. The highest BCUT2D eigenvalue weighted by Crippen LogP contribution is 2.32. The summed E-state index contributed by atoms with van der Waals surface area (Å²) >= 11 is 0. The van der Waals surface area contributed by atoms with Crippen LogP contribution in [0.2, 0.25) is 0 Å². The van der Waals surface area contributed by atoms with E-state index in [2.05, 4.69) is 0 Å². The Morgan fingerprint density at radius 1 is 0.714 bits per heavy atom. The van der Waals surface area contributed by atoms with Crippen molar-refractivity contribution in [3.8, 4) is 11.1 Å². The topological polar surface area (TPSA) is 139 Å². The fourth-order valence-electron chi connectivity index (χ4n) is 2.81. The van der Waals surface area contributed by atoms with Crippen molar-refractivity contribution in [3.05, 3.63) is 58.7 Å². The molecule has 0 spiro atoms. The molecule has 0 aromatic heterocycles. The number of esters is 2. The second kappa shape index (κ2) is 8.81. The molecule has 2 aromatic carbocycles. The molecule has 0 aliphatic carbocycles. The van der Waals surface area contributed by atoms with Crippen molar-refractivity contribution in [2.75, 3.05) is 13.2 Å². The minimum absolute atomic E-state index is 0.0669. The Balaban J connectivity index is 2.88. The van der Waals surface area contributed by atoms with E-state index in [1.54, 1.807) is 13.8 Å². The van der Waals surface area contributed by atoms with Crippen LogP contribution in [-0.4, -0.2) is 37.0 Å². The van der Waals surface area contributed by atoms with Crippen LogP contribution < -0.4 is 11.5 Å². The van der Waals surface area contributed by atoms with Crippen LogP contribution in [0.5, 0.6) is 0 Å². The molecular weight excluding hydrogens is 364 g/mol. The smallest absolute Gasteiger partial charge is 0.339 e. The molecule has 146 valence electrons. The van der Waals surface area contributed by atoms with E-state index in [0.29, 0.717) is 0 Å². The predicted molar refractivity (Wildman–Crippen MR) is 101 cm³/mol.